The molecule has 0 aliphatic carbocycles. The van der Waals surface area contributed by atoms with Gasteiger partial charge in [-0.1, -0.05) is 12.1 Å². The number of fused-ring (bicyclic) bond motifs is 1. The highest BCUT2D eigenvalue weighted by Gasteiger charge is 2.27. The Morgan fingerprint density at radius 1 is 1.16 bits per heavy atom. The van der Waals surface area contributed by atoms with Crippen LogP contribution in [-0.2, 0) is 6.54 Å². The molecule has 1 fully saturated rings. The Morgan fingerprint density at radius 3 is 2.78 bits per heavy atom. The SMILES string of the molecule is CCOc1cc(CN(c2nc3c(C(=O)Nc4cccnc4)cccc3o2)C2CCNCC2)ccc1OC. The lowest BCUT2D eigenvalue weighted by Crippen LogP contribution is -2.43. The van der Waals surface area contributed by atoms with Crippen molar-refractivity contribution in [3.05, 3.63) is 72.1 Å². The molecular weight excluding hydrogens is 470 g/mol. The fourth-order valence-corrected chi connectivity index (χ4v) is 4.63. The van der Waals surface area contributed by atoms with Gasteiger partial charge in [0, 0.05) is 18.8 Å². The number of ether oxygens (including phenoxy) is 2. The summed E-state index contributed by atoms with van der Waals surface area (Å²) in [6.45, 7) is 4.93. The zero-order chi connectivity index (χ0) is 25.6. The summed E-state index contributed by atoms with van der Waals surface area (Å²) in [4.78, 5) is 24.2. The van der Waals surface area contributed by atoms with Gasteiger partial charge in [-0.25, -0.2) is 0 Å². The summed E-state index contributed by atoms with van der Waals surface area (Å²) < 4.78 is 17.5. The van der Waals surface area contributed by atoms with E-state index in [1.807, 2.05) is 37.3 Å². The lowest BCUT2D eigenvalue weighted by atomic mass is 10.0. The molecule has 0 bridgehead atoms. The second kappa shape index (κ2) is 11.3. The number of anilines is 2. The Labute approximate surface area is 215 Å². The van der Waals surface area contributed by atoms with Crippen LogP contribution in [0, 0.1) is 0 Å². The van der Waals surface area contributed by atoms with E-state index >= 15 is 0 Å². The molecule has 192 valence electrons. The highest BCUT2D eigenvalue weighted by molar-refractivity contribution is 6.11. The number of pyridine rings is 1. The average molecular weight is 502 g/mol. The van der Waals surface area contributed by atoms with Gasteiger partial charge in [0.1, 0.15) is 5.52 Å². The van der Waals surface area contributed by atoms with Crippen LogP contribution in [-0.4, -0.2) is 48.7 Å². The predicted octanol–water partition coefficient (Wildman–Crippen LogP) is 4.64. The van der Waals surface area contributed by atoms with E-state index in [9.17, 15) is 4.79 Å². The van der Waals surface area contributed by atoms with Crippen LogP contribution < -0.4 is 25.0 Å². The van der Waals surface area contributed by atoms with E-state index < -0.39 is 0 Å². The number of hydrogen-bond donors (Lipinski definition) is 2. The van der Waals surface area contributed by atoms with E-state index in [0.29, 0.717) is 53.0 Å². The number of hydrogen-bond acceptors (Lipinski definition) is 8. The Morgan fingerprint density at radius 2 is 2.03 bits per heavy atom. The van der Waals surface area contributed by atoms with Gasteiger partial charge in [-0.05, 0) is 74.8 Å². The van der Waals surface area contributed by atoms with Gasteiger partial charge in [0.15, 0.2) is 17.1 Å². The molecule has 0 radical (unpaired) electrons. The van der Waals surface area contributed by atoms with Crippen LogP contribution in [0.2, 0.25) is 0 Å². The van der Waals surface area contributed by atoms with Gasteiger partial charge in [0.2, 0.25) is 0 Å². The summed E-state index contributed by atoms with van der Waals surface area (Å²) in [6, 6.07) is 15.7. The molecule has 2 aromatic carbocycles. The number of nitrogens with one attached hydrogen (secondary N) is 2. The smallest absolute Gasteiger partial charge is 0.298 e. The first-order valence-electron chi connectivity index (χ1n) is 12.5. The first-order valence-corrected chi connectivity index (χ1v) is 12.5. The Bertz CT molecular complexity index is 1350. The number of oxazole rings is 1. The van der Waals surface area contributed by atoms with Gasteiger partial charge in [-0.2, -0.15) is 4.98 Å². The maximum Gasteiger partial charge on any atom is 0.298 e. The first kappa shape index (κ1) is 24.6. The zero-order valence-electron chi connectivity index (χ0n) is 21.1. The molecule has 0 unspecified atom stereocenters. The number of para-hydroxylation sites is 1. The van der Waals surface area contributed by atoms with Gasteiger partial charge in [-0.15, -0.1) is 0 Å². The molecule has 3 heterocycles. The molecule has 0 saturated carbocycles. The van der Waals surface area contributed by atoms with Gasteiger partial charge in [0.05, 0.1) is 31.2 Å². The monoisotopic (exact) mass is 501 g/mol. The van der Waals surface area contributed by atoms with Crippen molar-refractivity contribution in [1.82, 2.24) is 15.3 Å². The molecule has 1 amide bonds. The molecule has 9 nitrogen and oxygen atoms in total. The minimum Gasteiger partial charge on any atom is -0.493 e. The number of nitrogens with zero attached hydrogens (tertiary/aromatic N) is 3. The molecule has 4 aromatic rings. The maximum absolute atomic E-state index is 13.1. The van der Waals surface area contributed by atoms with Crippen LogP contribution in [0.3, 0.4) is 0 Å². The maximum atomic E-state index is 13.1. The highest BCUT2D eigenvalue weighted by Crippen LogP contribution is 2.32. The number of rotatable bonds is 9. The quantitative estimate of drug-likeness (QED) is 0.342. The van der Waals surface area contributed by atoms with Crippen molar-refractivity contribution in [2.45, 2.75) is 32.4 Å². The molecule has 0 spiro atoms. The van der Waals surface area contributed by atoms with Crippen molar-refractivity contribution in [3.8, 4) is 11.5 Å². The van der Waals surface area contributed by atoms with Crippen LogP contribution >= 0.6 is 0 Å². The minimum absolute atomic E-state index is 0.236. The Hall–Kier alpha value is -4.11. The third kappa shape index (κ3) is 5.51. The third-order valence-electron chi connectivity index (χ3n) is 6.45. The molecule has 2 N–H and O–H groups in total. The van der Waals surface area contributed by atoms with Gasteiger partial charge in [0.25, 0.3) is 11.9 Å². The molecule has 1 saturated heterocycles. The minimum atomic E-state index is -0.261. The molecule has 5 rings (SSSR count). The van der Waals surface area contributed by atoms with Crippen molar-refractivity contribution >= 4 is 28.7 Å². The van der Waals surface area contributed by atoms with Crippen LogP contribution in [0.15, 0.2) is 65.3 Å². The number of aromatic nitrogens is 2. The molecule has 1 aliphatic rings. The summed E-state index contributed by atoms with van der Waals surface area (Å²) in [5.41, 5.74) is 3.22. The molecule has 2 aromatic heterocycles. The van der Waals surface area contributed by atoms with Gasteiger partial charge < -0.3 is 29.4 Å². The van der Waals surface area contributed by atoms with E-state index in [0.717, 1.165) is 31.5 Å². The van der Waals surface area contributed by atoms with E-state index in [-0.39, 0.29) is 11.9 Å². The summed E-state index contributed by atoms with van der Waals surface area (Å²) in [5.74, 6) is 1.15. The van der Waals surface area contributed by atoms with E-state index in [4.69, 9.17) is 18.9 Å². The highest BCUT2D eigenvalue weighted by atomic mass is 16.5. The van der Waals surface area contributed by atoms with Crippen molar-refractivity contribution < 1.29 is 18.7 Å². The summed E-state index contributed by atoms with van der Waals surface area (Å²) >= 11 is 0. The summed E-state index contributed by atoms with van der Waals surface area (Å²) in [5, 5.41) is 6.32. The second-order valence-electron chi connectivity index (χ2n) is 8.87. The fourth-order valence-electron chi connectivity index (χ4n) is 4.63. The van der Waals surface area contributed by atoms with Crippen molar-refractivity contribution in [2.75, 3.05) is 37.0 Å². The molecule has 37 heavy (non-hydrogen) atoms. The number of benzene rings is 2. The molecule has 9 heteroatoms. The Balaban J connectivity index is 1.48. The lowest BCUT2D eigenvalue weighted by Gasteiger charge is -2.33. The van der Waals surface area contributed by atoms with Crippen molar-refractivity contribution in [2.24, 2.45) is 0 Å². The molecule has 1 aliphatic heterocycles. The van der Waals surface area contributed by atoms with Crippen LogP contribution in [0.25, 0.3) is 11.1 Å². The van der Waals surface area contributed by atoms with Crippen molar-refractivity contribution in [1.29, 1.82) is 0 Å². The number of piperidine rings is 1. The Kier molecular flexibility index (Phi) is 7.51. The second-order valence-corrected chi connectivity index (χ2v) is 8.87. The van der Waals surface area contributed by atoms with Crippen LogP contribution in [0.5, 0.6) is 11.5 Å². The van der Waals surface area contributed by atoms with Crippen LogP contribution in [0.4, 0.5) is 11.7 Å². The van der Waals surface area contributed by atoms with Gasteiger partial charge in [-0.3, -0.25) is 9.78 Å². The predicted molar refractivity (Wildman–Crippen MR) is 142 cm³/mol. The number of amides is 1. The molecular formula is C28H31N5O4. The lowest BCUT2D eigenvalue weighted by molar-refractivity contribution is 0.102. The number of carbonyl (C=O) groups excluding carboxylic acids is 1. The van der Waals surface area contributed by atoms with E-state index in [2.05, 4.69) is 20.5 Å². The normalized spacial score (nSPS) is 13.9. The van der Waals surface area contributed by atoms with E-state index in [1.54, 1.807) is 37.7 Å². The first-order chi connectivity index (χ1) is 18.2. The zero-order valence-corrected chi connectivity index (χ0v) is 21.1. The van der Waals surface area contributed by atoms with Crippen LogP contribution in [0.1, 0.15) is 35.7 Å². The number of carbonyl (C=O) groups is 1. The standard InChI is InChI=1S/C28H31N5O4/c1-3-36-25-16-19(9-10-23(25)35-2)18-33(21-11-14-29-15-12-21)28-32-26-22(7-4-8-24(26)37-28)27(34)31-20-6-5-13-30-17-20/h4-10,13,16-17,21,29H,3,11-12,14-15,18H2,1-2H3,(H,31,34). The average Bonchev–Trinajstić information content (AvgIpc) is 3.37. The topological polar surface area (TPSA) is 102 Å². The number of methoxy groups -OCH3 is 1. The summed E-state index contributed by atoms with van der Waals surface area (Å²) in [7, 11) is 1.64. The van der Waals surface area contributed by atoms with Gasteiger partial charge >= 0.3 is 0 Å². The largest absolute Gasteiger partial charge is 0.493 e. The van der Waals surface area contributed by atoms with E-state index in [1.165, 1.54) is 0 Å². The fraction of sp³-hybridized carbons (Fsp3) is 0.321. The third-order valence-corrected chi connectivity index (χ3v) is 6.45. The van der Waals surface area contributed by atoms with Crippen molar-refractivity contribution in [3.63, 3.8) is 0 Å². The molecule has 0 atom stereocenters. The summed E-state index contributed by atoms with van der Waals surface area (Å²) in [6.07, 6.45) is 5.19.